The third-order valence-corrected chi connectivity index (χ3v) is 6.33. The van der Waals surface area contributed by atoms with Gasteiger partial charge in [-0.3, -0.25) is 9.59 Å². The fraction of sp³-hybridized carbons (Fsp3) is 0.353. The number of aromatic nitrogens is 1. The third kappa shape index (κ3) is 3.60. The van der Waals surface area contributed by atoms with Crippen LogP contribution in [0.5, 0.6) is 0 Å². The van der Waals surface area contributed by atoms with E-state index in [2.05, 4.69) is 10.3 Å². The molecule has 0 spiro atoms. The summed E-state index contributed by atoms with van der Waals surface area (Å²) < 4.78 is 24.3. The second kappa shape index (κ2) is 6.70. The average molecular weight is 409 g/mol. The summed E-state index contributed by atoms with van der Waals surface area (Å²) in [5.41, 5.74) is 2.00. The number of rotatable bonds is 4. The molecule has 1 aliphatic heterocycles. The molecule has 144 valence electrons. The summed E-state index contributed by atoms with van der Waals surface area (Å²) in [7, 11) is -4.10. The first kappa shape index (κ1) is 19.5. The molecule has 0 saturated carbocycles. The van der Waals surface area contributed by atoms with Gasteiger partial charge in [-0.2, -0.15) is 0 Å². The van der Waals surface area contributed by atoms with E-state index < -0.39 is 10.0 Å². The number of amides is 2. The molecule has 1 aromatic carbocycles. The molecule has 2 heterocycles. The first-order valence-electron chi connectivity index (χ1n) is 8.25. The Morgan fingerprint density at radius 3 is 2.59 bits per heavy atom. The average Bonchev–Trinajstić information content (AvgIpc) is 3.05. The maximum Gasteiger partial charge on any atom is 0.256 e. The van der Waals surface area contributed by atoms with Crippen molar-refractivity contribution in [1.82, 2.24) is 9.88 Å². The molecule has 0 bridgehead atoms. The maximum absolute atomic E-state index is 12.7. The maximum atomic E-state index is 12.7. The van der Waals surface area contributed by atoms with Crippen LogP contribution in [-0.4, -0.2) is 36.2 Å². The Bertz CT molecular complexity index is 1060. The van der Waals surface area contributed by atoms with Crippen molar-refractivity contribution in [1.29, 1.82) is 0 Å². The van der Waals surface area contributed by atoms with Gasteiger partial charge in [0.25, 0.3) is 5.91 Å². The summed E-state index contributed by atoms with van der Waals surface area (Å²) in [5, 5.41) is 8.45. The van der Waals surface area contributed by atoms with Crippen LogP contribution in [-0.2, 0) is 21.4 Å². The highest BCUT2D eigenvalue weighted by molar-refractivity contribution is 7.89. The van der Waals surface area contributed by atoms with Crippen LogP contribution < -0.4 is 10.5 Å². The number of nitrogens with zero attached hydrogens (tertiary/aromatic N) is 2. The largest absolute Gasteiger partial charge is 0.332 e. The van der Waals surface area contributed by atoms with Gasteiger partial charge in [-0.05, 0) is 44.0 Å². The zero-order valence-corrected chi connectivity index (χ0v) is 17.0. The number of hydrogen-bond donors (Lipinski definition) is 2. The van der Waals surface area contributed by atoms with Crippen molar-refractivity contribution >= 4 is 38.3 Å². The minimum absolute atomic E-state index is 0.0711. The molecule has 0 aliphatic carbocycles. The summed E-state index contributed by atoms with van der Waals surface area (Å²) in [6.45, 7) is 7.21. The topological polar surface area (TPSA) is 122 Å². The number of aryl methyl sites for hydroxylation is 1. The van der Waals surface area contributed by atoms with E-state index in [0.717, 1.165) is 0 Å². The van der Waals surface area contributed by atoms with Gasteiger partial charge in [-0.15, -0.1) is 0 Å². The molecular formula is C17H20N4O4S2. The van der Waals surface area contributed by atoms with E-state index in [0.29, 0.717) is 33.4 Å². The second-order valence-electron chi connectivity index (χ2n) is 6.70. The van der Waals surface area contributed by atoms with Gasteiger partial charge in [0.1, 0.15) is 0 Å². The molecule has 1 aliphatic rings. The standard InChI is InChI=1S/C17H20N4O4S2/c1-8(2)21-7-12-5-11(6-13(27(18,24)25)14(12)16(21)23)15-9(3)19-17(26-15)20-10(4)22/h5-6,8H,7H2,1-4H3,(H2,18,24,25)(H,19,20,22). The minimum atomic E-state index is -4.10. The molecule has 27 heavy (non-hydrogen) atoms. The summed E-state index contributed by atoms with van der Waals surface area (Å²) in [5.74, 6) is -0.580. The minimum Gasteiger partial charge on any atom is -0.332 e. The highest BCUT2D eigenvalue weighted by atomic mass is 32.2. The van der Waals surface area contributed by atoms with Gasteiger partial charge >= 0.3 is 0 Å². The van der Waals surface area contributed by atoms with E-state index in [-0.39, 0.29) is 28.3 Å². The Morgan fingerprint density at radius 2 is 2.04 bits per heavy atom. The predicted octanol–water partition coefficient (Wildman–Crippen LogP) is 2.09. The van der Waals surface area contributed by atoms with E-state index in [4.69, 9.17) is 5.14 Å². The summed E-state index contributed by atoms with van der Waals surface area (Å²) in [6, 6.07) is 3.13. The smallest absolute Gasteiger partial charge is 0.256 e. The van der Waals surface area contributed by atoms with Gasteiger partial charge in [0.2, 0.25) is 15.9 Å². The monoisotopic (exact) mass is 408 g/mol. The summed E-state index contributed by atoms with van der Waals surface area (Å²) in [6.07, 6.45) is 0. The van der Waals surface area contributed by atoms with Gasteiger partial charge in [0.05, 0.1) is 21.0 Å². The highest BCUT2D eigenvalue weighted by Crippen LogP contribution is 2.38. The van der Waals surface area contributed by atoms with E-state index >= 15 is 0 Å². The molecule has 3 N–H and O–H groups in total. The third-order valence-electron chi connectivity index (χ3n) is 4.27. The van der Waals surface area contributed by atoms with Crippen molar-refractivity contribution in [3.63, 3.8) is 0 Å². The Hall–Kier alpha value is -2.30. The van der Waals surface area contributed by atoms with Gasteiger partial charge in [-0.25, -0.2) is 18.5 Å². The normalized spacial score (nSPS) is 14.0. The quantitative estimate of drug-likeness (QED) is 0.802. The molecule has 2 aromatic rings. The van der Waals surface area contributed by atoms with Crippen LogP contribution >= 0.6 is 11.3 Å². The number of hydrogen-bond acceptors (Lipinski definition) is 6. The Balaban J connectivity index is 2.19. The van der Waals surface area contributed by atoms with Crippen molar-refractivity contribution in [2.24, 2.45) is 5.14 Å². The SMILES string of the molecule is CC(=O)Nc1nc(C)c(-c2cc3c(c(S(N)(=O)=O)c2)C(=O)N(C(C)C)C3)s1. The zero-order valence-electron chi connectivity index (χ0n) is 15.4. The highest BCUT2D eigenvalue weighted by Gasteiger charge is 2.35. The summed E-state index contributed by atoms with van der Waals surface area (Å²) >= 11 is 1.24. The lowest BCUT2D eigenvalue weighted by molar-refractivity contribution is -0.114. The number of nitrogens with two attached hydrogens (primary N) is 1. The van der Waals surface area contributed by atoms with Crippen LogP contribution in [0, 0.1) is 6.92 Å². The lowest BCUT2D eigenvalue weighted by Gasteiger charge is -2.19. The van der Waals surface area contributed by atoms with Crippen molar-refractivity contribution in [2.45, 2.75) is 45.2 Å². The van der Waals surface area contributed by atoms with Crippen LogP contribution in [0.1, 0.15) is 42.4 Å². The van der Waals surface area contributed by atoms with Crippen molar-refractivity contribution in [3.05, 3.63) is 29.0 Å². The number of benzene rings is 1. The van der Waals surface area contributed by atoms with E-state index in [1.807, 2.05) is 13.8 Å². The van der Waals surface area contributed by atoms with Gasteiger partial charge in [0, 0.05) is 19.5 Å². The zero-order chi connectivity index (χ0) is 20.1. The lowest BCUT2D eigenvalue weighted by Crippen LogP contribution is -2.31. The van der Waals surface area contributed by atoms with Crippen LogP contribution in [0.25, 0.3) is 10.4 Å². The fourth-order valence-corrected chi connectivity index (χ4v) is 4.87. The number of sulfonamides is 1. The number of thiazole rings is 1. The van der Waals surface area contributed by atoms with Crippen LogP contribution in [0.3, 0.4) is 0 Å². The van der Waals surface area contributed by atoms with E-state index in [1.165, 1.54) is 24.3 Å². The first-order valence-corrected chi connectivity index (χ1v) is 10.6. The van der Waals surface area contributed by atoms with Crippen molar-refractivity contribution in [2.75, 3.05) is 5.32 Å². The number of anilines is 1. The van der Waals surface area contributed by atoms with Gasteiger partial charge in [0.15, 0.2) is 5.13 Å². The molecular weight excluding hydrogens is 388 g/mol. The van der Waals surface area contributed by atoms with E-state index in [9.17, 15) is 18.0 Å². The Kier molecular flexibility index (Phi) is 4.83. The number of carbonyl (C=O) groups is 2. The van der Waals surface area contributed by atoms with Crippen molar-refractivity contribution in [3.8, 4) is 10.4 Å². The van der Waals surface area contributed by atoms with Crippen LogP contribution in [0.15, 0.2) is 17.0 Å². The van der Waals surface area contributed by atoms with E-state index in [1.54, 1.807) is 17.9 Å². The van der Waals surface area contributed by atoms with Crippen LogP contribution in [0.2, 0.25) is 0 Å². The molecule has 0 atom stereocenters. The van der Waals surface area contributed by atoms with Gasteiger partial charge < -0.3 is 10.2 Å². The molecule has 10 heteroatoms. The number of nitrogens with one attached hydrogen (secondary N) is 1. The van der Waals surface area contributed by atoms with Crippen molar-refractivity contribution < 1.29 is 18.0 Å². The molecule has 0 unspecified atom stereocenters. The second-order valence-corrected chi connectivity index (χ2v) is 9.22. The fourth-order valence-electron chi connectivity index (χ4n) is 3.08. The number of carbonyl (C=O) groups excluding carboxylic acids is 2. The number of fused-ring (bicyclic) bond motifs is 1. The molecule has 2 amide bonds. The molecule has 0 fully saturated rings. The molecule has 1 aromatic heterocycles. The summed E-state index contributed by atoms with van der Waals surface area (Å²) in [4.78, 5) is 30.4. The number of primary sulfonamides is 1. The Labute approximate surface area is 161 Å². The van der Waals surface area contributed by atoms with Gasteiger partial charge in [-0.1, -0.05) is 11.3 Å². The molecule has 3 rings (SSSR count). The Morgan fingerprint density at radius 1 is 1.37 bits per heavy atom. The van der Waals surface area contributed by atoms with Crippen LogP contribution in [0.4, 0.5) is 5.13 Å². The molecule has 0 saturated heterocycles. The molecule has 8 nitrogen and oxygen atoms in total. The first-order chi connectivity index (χ1) is 12.5. The predicted molar refractivity (Wildman–Crippen MR) is 103 cm³/mol. The molecule has 0 radical (unpaired) electrons. The lowest BCUT2D eigenvalue weighted by atomic mass is 10.0.